The zero-order valence-corrected chi connectivity index (χ0v) is 12.3. The molecule has 2 heterocycles. The summed E-state index contributed by atoms with van der Waals surface area (Å²) in [6.07, 6.45) is 0.882. The maximum atomic E-state index is 13.0. The highest BCUT2D eigenvalue weighted by molar-refractivity contribution is 5.69. The van der Waals surface area contributed by atoms with Crippen molar-refractivity contribution in [3.05, 3.63) is 35.6 Å². The van der Waals surface area contributed by atoms with E-state index in [1.165, 1.54) is 17.7 Å². The first-order chi connectivity index (χ1) is 10.1. The van der Waals surface area contributed by atoms with E-state index in [1.807, 2.05) is 12.1 Å². The lowest BCUT2D eigenvalue weighted by molar-refractivity contribution is 0.152. The summed E-state index contributed by atoms with van der Waals surface area (Å²) in [5.41, 5.74) is 1.20. The topological polar surface area (TPSA) is 32.8 Å². The number of cyclic esters (lactones) is 1. The van der Waals surface area contributed by atoms with E-state index in [0.717, 1.165) is 26.1 Å². The first-order valence-corrected chi connectivity index (χ1v) is 7.54. The van der Waals surface area contributed by atoms with Crippen LogP contribution in [0.5, 0.6) is 0 Å². The third kappa shape index (κ3) is 3.18. The van der Waals surface area contributed by atoms with Gasteiger partial charge in [0, 0.05) is 25.7 Å². The Hall–Kier alpha value is -1.62. The number of rotatable bonds is 4. The summed E-state index contributed by atoms with van der Waals surface area (Å²) >= 11 is 0. The number of carbonyl (C=O) groups excluding carboxylic acids is 1. The minimum atomic E-state index is -0.197. The summed E-state index contributed by atoms with van der Waals surface area (Å²) in [6, 6.07) is 7.31. The molecule has 0 radical (unpaired) electrons. The molecule has 0 bridgehead atoms. The van der Waals surface area contributed by atoms with Crippen LogP contribution >= 0.6 is 0 Å². The maximum absolute atomic E-state index is 13.0. The fourth-order valence-corrected chi connectivity index (χ4v) is 3.26. The normalized spacial score (nSPS) is 26.4. The van der Waals surface area contributed by atoms with Gasteiger partial charge in [0.2, 0.25) is 0 Å². The van der Waals surface area contributed by atoms with Gasteiger partial charge in [0.1, 0.15) is 12.4 Å². The molecule has 21 heavy (non-hydrogen) atoms. The third-order valence-electron chi connectivity index (χ3n) is 4.55. The summed E-state index contributed by atoms with van der Waals surface area (Å²) in [5.74, 6) is 0.264. The van der Waals surface area contributed by atoms with E-state index < -0.39 is 0 Å². The van der Waals surface area contributed by atoms with Gasteiger partial charge in [-0.25, -0.2) is 9.18 Å². The van der Waals surface area contributed by atoms with E-state index in [2.05, 4.69) is 11.8 Å². The van der Waals surface area contributed by atoms with Crippen molar-refractivity contribution in [3.8, 4) is 0 Å². The molecule has 0 spiro atoms. The number of amides is 1. The zero-order valence-electron chi connectivity index (χ0n) is 12.3. The van der Waals surface area contributed by atoms with E-state index in [1.54, 1.807) is 4.90 Å². The van der Waals surface area contributed by atoms with Gasteiger partial charge in [-0.1, -0.05) is 12.1 Å². The van der Waals surface area contributed by atoms with Crippen LogP contribution in [0.4, 0.5) is 9.18 Å². The number of likely N-dealkylation sites (tertiary alicyclic amines) is 1. The lowest BCUT2D eigenvalue weighted by Crippen LogP contribution is -2.37. The van der Waals surface area contributed by atoms with Gasteiger partial charge in [0.15, 0.2) is 0 Å². The Balaban J connectivity index is 1.55. The summed E-state index contributed by atoms with van der Waals surface area (Å²) in [6.45, 7) is 5.98. The average molecular weight is 292 g/mol. The molecule has 1 amide bonds. The van der Waals surface area contributed by atoms with Crippen molar-refractivity contribution in [2.75, 3.05) is 32.8 Å². The fourth-order valence-electron chi connectivity index (χ4n) is 3.26. The molecule has 0 aromatic heterocycles. The summed E-state index contributed by atoms with van der Waals surface area (Å²) in [7, 11) is 0. The van der Waals surface area contributed by atoms with Crippen LogP contribution in [0.1, 0.15) is 24.8 Å². The van der Waals surface area contributed by atoms with Crippen LogP contribution in [0.3, 0.4) is 0 Å². The maximum Gasteiger partial charge on any atom is 0.409 e. The van der Waals surface area contributed by atoms with Gasteiger partial charge in [0.05, 0.1) is 6.54 Å². The van der Waals surface area contributed by atoms with Gasteiger partial charge in [-0.3, -0.25) is 4.90 Å². The molecule has 0 unspecified atom stereocenters. The molecule has 2 aliphatic heterocycles. The number of ether oxygens (including phenoxy) is 1. The lowest BCUT2D eigenvalue weighted by Gasteiger charge is -2.23. The van der Waals surface area contributed by atoms with E-state index in [4.69, 9.17) is 4.74 Å². The highest BCUT2D eigenvalue weighted by Crippen LogP contribution is 2.31. The molecule has 2 saturated heterocycles. The summed E-state index contributed by atoms with van der Waals surface area (Å²) in [5, 5.41) is 0. The van der Waals surface area contributed by atoms with Gasteiger partial charge in [-0.15, -0.1) is 0 Å². The van der Waals surface area contributed by atoms with Crippen molar-refractivity contribution in [3.63, 3.8) is 0 Å². The predicted octanol–water partition coefficient (Wildman–Crippen LogP) is 2.46. The van der Waals surface area contributed by atoms with Crippen LogP contribution in [0, 0.1) is 5.82 Å². The minimum Gasteiger partial charge on any atom is -0.448 e. The number of hydrogen-bond acceptors (Lipinski definition) is 3. The molecule has 2 fully saturated rings. The molecular formula is C16H21FN2O2. The average Bonchev–Trinajstić information content (AvgIpc) is 3.04. The first kappa shape index (κ1) is 14.3. The van der Waals surface area contributed by atoms with E-state index in [-0.39, 0.29) is 11.9 Å². The molecule has 4 nitrogen and oxygen atoms in total. The lowest BCUT2D eigenvalue weighted by atomic mass is 9.97. The van der Waals surface area contributed by atoms with Gasteiger partial charge in [-0.2, -0.15) is 0 Å². The Kier molecular flexibility index (Phi) is 4.10. The molecule has 114 valence electrons. The van der Waals surface area contributed by atoms with Gasteiger partial charge < -0.3 is 9.64 Å². The number of hydrogen-bond donors (Lipinski definition) is 0. The molecule has 3 rings (SSSR count). The molecule has 2 aliphatic rings. The highest BCUT2D eigenvalue weighted by atomic mass is 19.1. The van der Waals surface area contributed by atoms with Crippen LogP contribution in [-0.2, 0) is 4.74 Å². The monoisotopic (exact) mass is 292 g/mol. The quantitative estimate of drug-likeness (QED) is 0.854. The van der Waals surface area contributed by atoms with Crippen LogP contribution in [-0.4, -0.2) is 54.7 Å². The Bertz CT molecular complexity index is 506. The van der Waals surface area contributed by atoms with Crippen molar-refractivity contribution in [1.82, 2.24) is 9.80 Å². The van der Waals surface area contributed by atoms with E-state index >= 15 is 0 Å². The number of carbonyl (C=O) groups is 1. The van der Waals surface area contributed by atoms with Crippen molar-refractivity contribution in [2.24, 2.45) is 0 Å². The fraction of sp³-hybridized carbons (Fsp3) is 0.562. The Labute approximate surface area is 124 Å². The largest absolute Gasteiger partial charge is 0.448 e. The minimum absolute atomic E-state index is 0.186. The molecule has 0 saturated carbocycles. The number of halogens is 1. The SMILES string of the molecule is C[C@@H]1C[C@H](c2ccc(F)cc2)CN1CCN1CCOC1=O. The third-order valence-corrected chi connectivity index (χ3v) is 4.55. The number of benzene rings is 1. The van der Waals surface area contributed by atoms with Crippen molar-refractivity contribution >= 4 is 6.09 Å². The zero-order chi connectivity index (χ0) is 14.8. The second-order valence-corrected chi connectivity index (χ2v) is 5.93. The van der Waals surface area contributed by atoms with Crippen LogP contribution < -0.4 is 0 Å². The van der Waals surface area contributed by atoms with E-state index in [0.29, 0.717) is 25.1 Å². The van der Waals surface area contributed by atoms with Crippen molar-refractivity contribution in [2.45, 2.75) is 25.3 Å². The predicted molar refractivity (Wildman–Crippen MR) is 77.7 cm³/mol. The molecule has 0 N–H and O–H groups in total. The molecular weight excluding hydrogens is 271 g/mol. The molecule has 1 aromatic carbocycles. The molecule has 5 heteroatoms. The Morgan fingerprint density at radius 2 is 2.05 bits per heavy atom. The Morgan fingerprint density at radius 3 is 2.71 bits per heavy atom. The van der Waals surface area contributed by atoms with Gasteiger partial charge in [0.25, 0.3) is 0 Å². The van der Waals surface area contributed by atoms with E-state index in [9.17, 15) is 9.18 Å². The number of nitrogens with zero attached hydrogens (tertiary/aromatic N) is 2. The Morgan fingerprint density at radius 1 is 1.29 bits per heavy atom. The first-order valence-electron chi connectivity index (χ1n) is 7.54. The van der Waals surface area contributed by atoms with Gasteiger partial charge >= 0.3 is 6.09 Å². The standard InChI is InChI=1S/C16H21FN2O2/c1-12-10-14(13-2-4-15(17)5-3-13)11-19(12)7-6-18-8-9-21-16(18)20/h2-5,12,14H,6-11H2,1H3/t12-,14+/m1/s1. The van der Waals surface area contributed by atoms with Crippen LogP contribution in [0.25, 0.3) is 0 Å². The smallest absolute Gasteiger partial charge is 0.409 e. The second-order valence-electron chi connectivity index (χ2n) is 5.93. The molecule has 1 aromatic rings. The highest BCUT2D eigenvalue weighted by Gasteiger charge is 2.31. The summed E-state index contributed by atoms with van der Waals surface area (Å²) in [4.78, 5) is 15.6. The van der Waals surface area contributed by atoms with Crippen molar-refractivity contribution in [1.29, 1.82) is 0 Å². The van der Waals surface area contributed by atoms with Gasteiger partial charge in [-0.05, 0) is 37.0 Å². The van der Waals surface area contributed by atoms with Crippen LogP contribution in [0.15, 0.2) is 24.3 Å². The summed E-state index contributed by atoms with van der Waals surface area (Å²) < 4.78 is 17.9. The second kappa shape index (κ2) is 6.02. The molecule has 2 atom stereocenters. The molecule has 0 aliphatic carbocycles. The van der Waals surface area contributed by atoms with Crippen molar-refractivity contribution < 1.29 is 13.9 Å². The van der Waals surface area contributed by atoms with Crippen LogP contribution in [0.2, 0.25) is 0 Å².